The van der Waals surface area contributed by atoms with Gasteiger partial charge in [-0.15, -0.1) is 24.0 Å². The van der Waals surface area contributed by atoms with Crippen LogP contribution in [0.2, 0.25) is 0 Å². The molecule has 0 unspecified atom stereocenters. The van der Waals surface area contributed by atoms with E-state index in [0.717, 1.165) is 41.9 Å². The molecule has 3 rings (SSSR count). The van der Waals surface area contributed by atoms with Crippen molar-refractivity contribution in [3.63, 3.8) is 0 Å². The highest BCUT2D eigenvalue weighted by Crippen LogP contribution is 2.25. The SMILES string of the molecule is CN=C(NCc1ccnc(N2CCCC2)c1)N(C)Cc1ccc(OC)cc1OC.I. The maximum Gasteiger partial charge on any atom is 0.193 e. The maximum atomic E-state index is 5.51. The average Bonchev–Trinajstić information content (AvgIpc) is 3.29. The van der Waals surface area contributed by atoms with Crippen molar-refractivity contribution in [3.8, 4) is 11.5 Å². The number of rotatable bonds is 7. The Hall–Kier alpha value is -2.23. The highest BCUT2D eigenvalue weighted by molar-refractivity contribution is 14.0. The summed E-state index contributed by atoms with van der Waals surface area (Å²) < 4.78 is 10.8. The molecule has 2 heterocycles. The Morgan fingerprint density at radius 3 is 2.60 bits per heavy atom. The van der Waals surface area contributed by atoms with Crippen LogP contribution < -0.4 is 19.7 Å². The maximum absolute atomic E-state index is 5.51. The van der Waals surface area contributed by atoms with Crippen LogP contribution in [-0.4, -0.2) is 57.2 Å². The molecule has 8 heteroatoms. The van der Waals surface area contributed by atoms with Crippen LogP contribution in [0.15, 0.2) is 41.5 Å². The fourth-order valence-corrected chi connectivity index (χ4v) is 3.57. The van der Waals surface area contributed by atoms with Gasteiger partial charge in [0.1, 0.15) is 17.3 Å². The van der Waals surface area contributed by atoms with Crippen molar-refractivity contribution < 1.29 is 9.47 Å². The first-order valence-corrected chi connectivity index (χ1v) is 9.97. The molecule has 0 saturated carbocycles. The van der Waals surface area contributed by atoms with E-state index in [-0.39, 0.29) is 24.0 Å². The number of nitrogens with zero attached hydrogens (tertiary/aromatic N) is 4. The third-order valence-corrected chi connectivity index (χ3v) is 5.17. The molecule has 1 N–H and O–H groups in total. The van der Waals surface area contributed by atoms with Gasteiger partial charge in [0.05, 0.1) is 14.2 Å². The van der Waals surface area contributed by atoms with Crippen LogP contribution in [-0.2, 0) is 13.1 Å². The zero-order valence-electron chi connectivity index (χ0n) is 18.2. The van der Waals surface area contributed by atoms with Crippen molar-refractivity contribution in [1.82, 2.24) is 15.2 Å². The average molecular weight is 525 g/mol. The van der Waals surface area contributed by atoms with Gasteiger partial charge in [-0.05, 0) is 42.7 Å². The molecular weight excluding hydrogens is 493 g/mol. The van der Waals surface area contributed by atoms with Gasteiger partial charge in [-0.2, -0.15) is 0 Å². The van der Waals surface area contributed by atoms with E-state index < -0.39 is 0 Å². The van der Waals surface area contributed by atoms with Gasteiger partial charge in [-0.1, -0.05) is 0 Å². The number of hydrogen-bond acceptors (Lipinski definition) is 5. The number of nitrogens with one attached hydrogen (secondary N) is 1. The van der Waals surface area contributed by atoms with Crippen molar-refractivity contribution in [2.75, 3.05) is 46.3 Å². The van der Waals surface area contributed by atoms with E-state index in [9.17, 15) is 0 Å². The Kier molecular flexibility index (Phi) is 9.48. The second kappa shape index (κ2) is 11.8. The number of pyridine rings is 1. The van der Waals surface area contributed by atoms with E-state index in [1.165, 1.54) is 18.4 Å². The van der Waals surface area contributed by atoms with Gasteiger partial charge in [0.15, 0.2) is 5.96 Å². The van der Waals surface area contributed by atoms with Crippen LogP contribution in [0.5, 0.6) is 11.5 Å². The second-order valence-corrected chi connectivity index (χ2v) is 7.15. The Balaban J connectivity index is 0.00000320. The molecule has 1 aromatic heterocycles. The summed E-state index contributed by atoms with van der Waals surface area (Å²) in [5, 5.41) is 3.45. The molecule has 1 saturated heterocycles. The number of anilines is 1. The fraction of sp³-hybridized carbons (Fsp3) is 0.455. The predicted molar refractivity (Wildman–Crippen MR) is 132 cm³/mol. The molecular formula is C22H32IN5O2. The highest BCUT2D eigenvalue weighted by Gasteiger charge is 2.14. The number of guanidine groups is 1. The largest absolute Gasteiger partial charge is 0.497 e. The van der Waals surface area contributed by atoms with E-state index in [0.29, 0.717) is 13.1 Å². The molecule has 0 aliphatic carbocycles. The van der Waals surface area contributed by atoms with Crippen LogP contribution >= 0.6 is 24.0 Å². The number of aliphatic imine (C=N–C) groups is 1. The molecule has 1 aliphatic rings. The first-order chi connectivity index (χ1) is 14.1. The lowest BCUT2D eigenvalue weighted by Crippen LogP contribution is -2.38. The summed E-state index contributed by atoms with van der Waals surface area (Å²) in [4.78, 5) is 13.4. The number of halogens is 1. The molecule has 30 heavy (non-hydrogen) atoms. The van der Waals surface area contributed by atoms with Gasteiger partial charge in [-0.3, -0.25) is 4.99 Å². The summed E-state index contributed by atoms with van der Waals surface area (Å²) in [6, 6.07) is 10.1. The zero-order chi connectivity index (χ0) is 20.6. The first-order valence-electron chi connectivity index (χ1n) is 9.97. The molecule has 0 bridgehead atoms. The van der Waals surface area contributed by atoms with Crippen molar-refractivity contribution in [2.24, 2.45) is 4.99 Å². The Morgan fingerprint density at radius 1 is 1.17 bits per heavy atom. The monoisotopic (exact) mass is 525 g/mol. The van der Waals surface area contributed by atoms with E-state index in [4.69, 9.17) is 9.47 Å². The quantitative estimate of drug-likeness (QED) is 0.339. The minimum atomic E-state index is 0. The lowest BCUT2D eigenvalue weighted by Gasteiger charge is -2.23. The molecule has 0 atom stereocenters. The number of aromatic nitrogens is 1. The van der Waals surface area contributed by atoms with Gasteiger partial charge in [0, 0.05) is 58.1 Å². The predicted octanol–water partition coefficient (Wildman–Crippen LogP) is 3.52. The summed E-state index contributed by atoms with van der Waals surface area (Å²) >= 11 is 0. The van der Waals surface area contributed by atoms with Crippen molar-refractivity contribution in [2.45, 2.75) is 25.9 Å². The van der Waals surface area contributed by atoms with Gasteiger partial charge in [-0.25, -0.2) is 4.98 Å². The molecule has 1 fully saturated rings. The van der Waals surface area contributed by atoms with Gasteiger partial charge in [0.25, 0.3) is 0 Å². The third kappa shape index (κ3) is 6.13. The summed E-state index contributed by atoms with van der Waals surface area (Å²) in [6.07, 6.45) is 4.38. The molecule has 7 nitrogen and oxygen atoms in total. The Bertz CT molecular complexity index is 840. The van der Waals surface area contributed by atoms with Crippen molar-refractivity contribution >= 4 is 35.8 Å². The second-order valence-electron chi connectivity index (χ2n) is 7.15. The van der Waals surface area contributed by atoms with Gasteiger partial charge < -0.3 is 24.6 Å². The zero-order valence-corrected chi connectivity index (χ0v) is 20.6. The summed E-state index contributed by atoms with van der Waals surface area (Å²) in [5.41, 5.74) is 2.26. The fourth-order valence-electron chi connectivity index (χ4n) is 3.57. The Morgan fingerprint density at radius 2 is 1.93 bits per heavy atom. The van der Waals surface area contributed by atoms with Crippen LogP contribution in [0, 0.1) is 0 Å². The molecule has 0 spiro atoms. The number of methoxy groups -OCH3 is 2. The molecule has 164 valence electrons. The third-order valence-electron chi connectivity index (χ3n) is 5.17. The number of ether oxygens (including phenoxy) is 2. The number of hydrogen-bond donors (Lipinski definition) is 1. The molecule has 1 aliphatic heterocycles. The van der Waals surface area contributed by atoms with Crippen LogP contribution in [0.25, 0.3) is 0 Å². The van der Waals surface area contributed by atoms with Gasteiger partial charge >= 0.3 is 0 Å². The molecule has 0 amide bonds. The minimum Gasteiger partial charge on any atom is -0.497 e. The Labute approximate surface area is 196 Å². The summed E-state index contributed by atoms with van der Waals surface area (Å²) in [6.45, 7) is 3.55. The van der Waals surface area contributed by atoms with Crippen molar-refractivity contribution in [3.05, 3.63) is 47.7 Å². The van der Waals surface area contributed by atoms with E-state index in [1.54, 1.807) is 21.3 Å². The van der Waals surface area contributed by atoms with Crippen LogP contribution in [0.3, 0.4) is 0 Å². The summed E-state index contributed by atoms with van der Waals surface area (Å²) in [5.74, 6) is 3.47. The first kappa shape index (κ1) is 24.0. The normalized spacial score (nSPS) is 13.6. The van der Waals surface area contributed by atoms with Gasteiger partial charge in [0.2, 0.25) is 0 Å². The standard InChI is InChI=1S/C22H31N5O2.HI/c1-23-22(26(2)16-18-7-8-19(28-3)14-20(18)29-4)25-15-17-9-10-24-21(13-17)27-11-5-6-12-27;/h7-10,13-14H,5-6,11-12,15-16H2,1-4H3,(H,23,25);1H. The minimum absolute atomic E-state index is 0. The van der Waals surface area contributed by atoms with E-state index in [2.05, 4.69) is 31.2 Å². The number of benzene rings is 1. The highest BCUT2D eigenvalue weighted by atomic mass is 127. The van der Waals surface area contributed by atoms with Crippen LogP contribution in [0.1, 0.15) is 24.0 Å². The van der Waals surface area contributed by atoms with E-state index in [1.807, 2.05) is 37.5 Å². The lowest BCUT2D eigenvalue weighted by molar-refractivity contribution is 0.382. The molecule has 2 aromatic rings. The van der Waals surface area contributed by atoms with E-state index >= 15 is 0 Å². The molecule has 0 radical (unpaired) electrons. The summed E-state index contributed by atoms with van der Waals surface area (Å²) in [7, 11) is 7.14. The molecule has 1 aromatic carbocycles. The van der Waals surface area contributed by atoms with Crippen molar-refractivity contribution in [1.29, 1.82) is 0 Å². The topological polar surface area (TPSA) is 62.2 Å². The van der Waals surface area contributed by atoms with Crippen LogP contribution in [0.4, 0.5) is 5.82 Å². The lowest BCUT2D eigenvalue weighted by atomic mass is 10.2. The smallest absolute Gasteiger partial charge is 0.193 e.